The first-order valence-electron chi connectivity index (χ1n) is 6.46. The predicted molar refractivity (Wildman–Crippen MR) is 77.4 cm³/mol. The Balaban J connectivity index is 2.04. The van der Waals surface area contributed by atoms with E-state index in [4.69, 9.17) is 0 Å². The first kappa shape index (κ1) is 14.0. The molecule has 1 aromatic carbocycles. The quantitative estimate of drug-likeness (QED) is 0.879. The monoisotopic (exact) mass is 273 g/mol. The molecule has 1 amide bonds. The normalized spacial score (nSPS) is 10.1. The van der Waals surface area contributed by atoms with Crippen LogP contribution in [-0.2, 0) is 0 Å². The summed E-state index contributed by atoms with van der Waals surface area (Å²) in [5, 5.41) is 5.63. The number of carbonyl (C=O) groups excluding carboxylic acids is 1. The summed E-state index contributed by atoms with van der Waals surface area (Å²) >= 11 is 0. The lowest BCUT2D eigenvalue weighted by Gasteiger charge is -2.07. The molecule has 0 saturated heterocycles. The number of halogens is 1. The molecule has 5 heteroatoms. The predicted octanol–water partition coefficient (Wildman–Crippen LogP) is 3.29. The molecule has 0 radical (unpaired) electrons. The molecule has 1 heterocycles. The molecule has 0 atom stereocenters. The fourth-order valence-corrected chi connectivity index (χ4v) is 1.64. The number of pyridine rings is 1. The van der Waals surface area contributed by atoms with Crippen molar-refractivity contribution < 1.29 is 9.18 Å². The van der Waals surface area contributed by atoms with E-state index in [0.29, 0.717) is 11.4 Å². The summed E-state index contributed by atoms with van der Waals surface area (Å²) in [6, 6.07) is 9.42. The van der Waals surface area contributed by atoms with E-state index < -0.39 is 5.82 Å². The number of anilines is 2. The van der Waals surface area contributed by atoms with Crippen LogP contribution in [0.3, 0.4) is 0 Å². The number of hydrogen-bond acceptors (Lipinski definition) is 3. The summed E-state index contributed by atoms with van der Waals surface area (Å²) in [7, 11) is 0. The summed E-state index contributed by atoms with van der Waals surface area (Å²) in [4.78, 5) is 16.1. The molecule has 1 aromatic heterocycles. The highest BCUT2D eigenvalue weighted by Crippen LogP contribution is 2.14. The van der Waals surface area contributed by atoms with Crippen LogP contribution < -0.4 is 10.6 Å². The molecule has 0 aliphatic rings. The number of para-hydroxylation sites is 1. The second-order valence-corrected chi connectivity index (χ2v) is 4.29. The van der Waals surface area contributed by atoms with Gasteiger partial charge in [0.15, 0.2) is 0 Å². The number of benzene rings is 1. The Hall–Kier alpha value is -2.43. The molecule has 0 aliphatic carbocycles. The van der Waals surface area contributed by atoms with Gasteiger partial charge in [0.2, 0.25) is 0 Å². The first-order valence-corrected chi connectivity index (χ1v) is 6.46. The van der Waals surface area contributed by atoms with Crippen LogP contribution in [0.1, 0.15) is 23.7 Å². The second-order valence-electron chi connectivity index (χ2n) is 4.29. The summed E-state index contributed by atoms with van der Waals surface area (Å²) in [5.41, 5.74) is 0.543. The summed E-state index contributed by atoms with van der Waals surface area (Å²) in [6.45, 7) is 2.89. The van der Waals surface area contributed by atoms with E-state index in [1.165, 1.54) is 18.3 Å². The highest BCUT2D eigenvalue weighted by molar-refractivity contribution is 6.04. The third-order valence-corrected chi connectivity index (χ3v) is 2.70. The number of rotatable bonds is 5. The Labute approximate surface area is 117 Å². The Kier molecular flexibility index (Phi) is 4.65. The standard InChI is InChI=1S/C15H16FN3O/c1-2-9-17-14-8-7-11(10-18-14)15(20)19-13-6-4-3-5-12(13)16/h3-8,10H,2,9H2,1H3,(H,17,18)(H,19,20). The van der Waals surface area contributed by atoms with Crippen molar-refractivity contribution in [1.82, 2.24) is 4.98 Å². The largest absolute Gasteiger partial charge is 0.370 e. The summed E-state index contributed by atoms with van der Waals surface area (Å²) < 4.78 is 13.4. The average molecular weight is 273 g/mol. The molecule has 104 valence electrons. The van der Waals surface area contributed by atoms with Gasteiger partial charge in [-0.2, -0.15) is 0 Å². The highest BCUT2D eigenvalue weighted by Gasteiger charge is 2.09. The number of amides is 1. The Bertz CT molecular complexity index is 584. The van der Waals surface area contributed by atoms with Crippen LogP contribution in [0, 0.1) is 5.82 Å². The zero-order valence-corrected chi connectivity index (χ0v) is 11.2. The van der Waals surface area contributed by atoms with Gasteiger partial charge in [-0.3, -0.25) is 4.79 Å². The molecule has 2 N–H and O–H groups in total. The van der Waals surface area contributed by atoms with E-state index in [1.54, 1.807) is 24.3 Å². The van der Waals surface area contributed by atoms with E-state index >= 15 is 0 Å². The van der Waals surface area contributed by atoms with Gasteiger partial charge < -0.3 is 10.6 Å². The fraction of sp³-hybridized carbons (Fsp3) is 0.200. The van der Waals surface area contributed by atoms with Gasteiger partial charge in [-0.05, 0) is 30.7 Å². The third-order valence-electron chi connectivity index (χ3n) is 2.70. The Morgan fingerprint density at radius 3 is 2.70 bits per heavy atom. The maximum Gasteiger partial charge on any atom is 0.257 e. The van der Waals surface area contributed by atoms with Crippen molar-refractivity contribution in [3.63, 3.8) is 0 Å². The van der Waals surface area contributed by atoms with E-state index in [0.717, 1.165) is 13.0 Å². The van der Waals surface area contributed by atoms with Gasteiger partial charge in [0.1, 0.15) is 11.6 Å². The zero-order chi connectivity index (χ0) is 14.4. The molecule has 2 rings (SSSR count). The molecule has 0 bridgehead atoms. The maximum absolute atomic E-state index is 13.4. The van der Waals surface area contributed by atoms with E-state index in [1.807, 2.05) is 0 Å². The number of hydrogen-bond donors (Lipinski definition) is 2. The van der Waals surface area contributed by atoms with Crippen LogP contribution in [0.15, 0.2) is 42.6 Å². The van der Waals surface area contributed by atoms with Gasteiger partial charge >= 0.3 is 0 Å². The van der Waals surface area contributed by atoms with Gasteiger partial charge in [-0.1, -0.05) is 19.1 Å². The van der Waals surface area contributed by atoms with Crippen molar-refractivity contribution >= 4 is 17.4 Å². The molecule has 20 heavy (non-hydrogen) atoms. The van der Waals surface area contributed by atoms with Crippen LogP contribution in [0.4, 0.5) is 15.9 Å². The van der Waals surface area contributed by atoms with Crippen LogP contribution in [0.2, 0.25) is 0 Å². The van der Waals surface area contributed by atoms with Gasteiger partial charge in [0, 0.05) is 12.7 Å². The second kappa shape index (κ2) is 6.65. The molecule has 0 saturated carbocycles. The highest BCUT2D eigenvalue weighted by atomic mass is 19.1. The average Bonchev–Trinajstić information content (AvgIpc) is 2.48. The van der Waals surface area contributed by atoms with E-state index in [9.17, 15) is 9.18 Å². The summed E-state index contributed by atoms with van der Waals surface area (Å²) in [6.07, 6.45) is 2.46. The minimum absolute atomic E-state index is 0.158. The van der Waals surface area contributed by atoms with Crippen molar-refractivity contribution in [2.45, 2.75) is 13.3 Å². The van der Waals surface area contributed by atoms with Gasteiger partial charge in [0.25, 0.3) is 5.91 Å². The van der Waals surface area contributed by atoms with Crippen molar-refractivity contribution in [2.75, 3.05) is 17.2 Å². The Morgan fingerprint density at radius 2 is 2.05 bits per heavy atom. The molecule has 2 aromatic rings. The first-order chi connectivity index (χ1) is 9.70. The zero-order valence-electron chi connectivity index (χ0n) is 11.2. The van der Waals surface area contributed by atoms with E-state index in [2.05, 4.69) is 22.5 Å². The van der Waals surface area contributed by atoms with Crippen molar-refractivity contribution in [3.8, 4) is 0 Å². The lowest BCUT2D eigenvalue weighted by atomic mass is 10.2. The van der Waals surface area contributed by atoms with Gasteiger partial charge in [0.05, 0.1) is 11.3 Å². The Morgan fingerprint density at radius 1 is 1.25 bits per heavy atom. The fourth-order valence-electron chi connectivity index (χ4n) is 1.64. The maximum atomic E-state index is 13.4. The number of carbonyl (C=O) groups is 1. The molecule has 0 fully saturated rings. The number of nitrogens with one attached hydrogen (secondary N) is 2. The SMILES string of the molecule is CCCNc1ccc(C(=O)Nc2ccccc2F)cn1. The number of nitrogens with zero attached hydrogens (tertiary/aromatic N) is 1. The smallest absolute Gasteiger partial charge is 0.257 e. The molecule has 0 spiro atoms. The molecular formula is C15H16FN3O. The van der Waals surface area contributed by atoms with Crippen LogP contribution in [-0.4, -0.2) is 17.4 Å². The molecule has 4 nitrogen and oxygen atoms in total. The lowest BCUT2D eigenvalue weighted by Crippen LogP contribution is -2.13. The lowest BCUT2D eigenvalue weighted by molar-refractivity contribution is 0.102. The third kappa shape index (κ3) is 3.54. The van der Waals surface area contributed by atoms with Gasteiger partial charge in [-0.25, -0.2) is 9.37 Å². The van der Waals surface area contributed by atoms with Crippen LogP contribution in [0.5, 0.6) is 0 Å². The number of aromatic nitrogens is 1. The molecular weight excluding hydrogens is 257 g/mol. The van der Waals surface area contributed by atoms with Crippen LogP contribution in [0.25, 0.3) is 0 Å². The van der Waals surface area contributed by atoms with Crippen LogP contribution >= 0.6 is 0 Å². The summed E-state index contributed by atoms with van der Waals surface area (Å²) in [5.74, 6) is -0.131. The minimum atomic E-state index is -0.463. The minimum Gasteiger partial charge on any atom is -0.370 e. The topological polar surface area (TPSA) is 54.0 Å². The van der Waals surface area contributed by atoms with Crippen molar-refractivity contribution in [1.29, 1.82) is 0 Å². The van der Waals surface area contributed by atoms with Crippen molar-refractivity contribution in [2.24, 2.45) is 0 Å². The van der Waals surface area contributed by atoms with Crippen molar-refractivity contribution in [3.05, 3.63) is 54.0 Å². The molecule has 0 unspecified atom stereocenters. The van der Waals surface area contributed by atoms with Gasteiger partial charge in [-0.15, -0.1) is 0 Å². The van der Waals surface area contributed by atoms with E-state index in [-0.39, 0.29) is 11.6 Å². The molecule has 0 aliphatic heterocycles.